The molecule has 0 saturated carbocycles. The van der Waals surface area contributed by atoms with Gasteiger partial charge < -0.3 is 9.47 Å². The molecule has 0 aliphatic heterocycles. The highest BCUT2D eigenvalue weighted by molar-refractivity contribution is 5.18. The van der Waals surface area contributed by atoms with Crippen LogP contribution < -0.4 is 16.0 Å². The summed E-state index contributed by atoms with van der Waals surface area (Å²) in [7, 11) is 3.34. The van der Waals surface area contributed by atoms with Crippen molar-refractivity contribution in [3.63, 3.8) is 0 Å². The van der Waals surface area contributed by atoms with Gasteiger partial charge >= 0.3 is 0 Å². The van der Waals surface area contributed by atoms with Gasteiger partial charge in [-0.25, -0.2) is 4.98 Å². The summed E-state index contributed by atoms with van der Waals surface area (Å²) in [6.07, 6.45) is 4.56. The SMILES string of the molecule is COc1ccc(CC(CCC(C)(C)OC)NN)cn1. The van der Waals surface area contributed by atoms with Gasteiger partial charge in [0.15, 0.2) is 0 Å². The van der Waals surface area contributed by atoms with Crippen molar-refractivity contribution in [1.29, 1.82) is 0 Å². The van der Waals surface area contributed by atoms with Gasteiger partial charge in [0.2, 0.25) is 5.88 Å². The third-order valence-corrected chi connectivity index (χ3v) is 3.37. The Hall–Kier alpha value is -1.17. The maximum atomic E-state index is 5.61. The molecule has 0 aliphatic rings. The molecular weight excluding hydrogens is 242 g/mol. The molecule has 0 saturated heterocycles. The van der Waals surface area contributed by atoms with Gasteiger partial charge in [-0.05, 0) is 38.7 Å². The van der Waals surface area contributed by atoms with Gasteiger partial charge in [0.05, 0.1) is 12.7 Å². The average molecular weight is 267 g/mol. The maximum absolute atomic E-state index is 5.61. The molecule has 5 heteroatoms. The van der Waals surface area contributed by atoms with E-state index in [0.717, 1.165) is 24.8 Å². The summed E-state index contributed by atoms with van der Waals surface area (Å²) in [6, 6.07) is 4.09. The summed E-state index contributed by atoms with van der Waals surface area (Å²) >= 11 is 0. The van der Waals surface area contributed by atoms with Crippen molar-refractivity contribution in [2.75, 3.05) is 14.2 Å². The number of methoxy groups -OCH3 is 2. The second kappa shape index (κ2) is 7.43. The largest absolute Gasteiger partial charge is 0.481 e. The molecular formula is C14H25N3O2. The van der Waals surface area contributed by atoms with E-state index in [9.17, 15) is 0 Å². The van der Waals surface area contributed by atoms with Crippen LogP contribution in [0.3, 0.4) is 0 Å². The normalized spacial score (nSPS) is 13.3. The van der Waals surface area contributed by atoms with Crippen molar-refractivity contribution in [2.24, 2.45) is 5.84 Å². The minimum absolute atomic E-state index is 0.118. The Morgan fingerprint density at radius 3 is 2.58 bits per heavy atom. The Bertz CT molecular complexity index is 365. The van der Waals surface area contributed by atoms with Crippen LogP contribution in [0.4, 0.5) is 0 Å². The van der Waals surface area contributed by atoms with Crippen molar-refractivity contribution in [3.05, 3.63) is 23.9 Å². The van der Waals surface area contributed by atoms with Gasteiger partial charge in [-0.15, -0.1) is 0 Å². The third kappa shape index (κ3) is 5.55. The highest BCUT2D eigenvalue weighted by Crippen LogP contribution is 2.18. The van der Waals surface area contributed by atoms with Crippen LogP contribution in [0.1, 0.15) is 32.3 Å². The van der Waals surface area contributed by atoms with Gasteiger partial charge in [-0.2, -0.15) is 0 Å². The number of hydrogen-bond acceptors (Lipinski definition) is 5. The highest BCUT2D eigenvalue weighted by atomic mass is 16.5. The Morgan fingerprint density at radius 2 is 2.11 bits per heavy atom. The van der Waals surface area contributed by atoms with E-state index in [4.69, 9.17) is 15.3 Å². The van der Waals surface area contributed by atoms with E-state index < -0.39 is 0 Å². The van der Waals surface area contributed by atoms with E-state index >= 15 is 0 Å². The molecule has 1 rings (SSSR count). The molecule has 1 unspecified atom stereocenters. The van der Waals surface area contributed by atoms with Crippen LogP contribution in [0.5, 0.6) is 5.88 Å². The van der Waals surface area contributed by atoms with Crippen LogP contribution in [0.15, 0.2) is 18.3 Å². The lowest BCUT2D eigenvalue weighted by Gasteiger charge is -2.25. The summed E-state index contributed by atoms with van der Waals surface area (Å²) in [5, 5.41) is 0. The summed E-state index contributed by atoms with van der Waals surface area (Å²) in [6.45, 7) is 4.16. The van der Waals surface area contributed by atoms with Crippen molar-refractivity contribution in [2.45, 2.75) is 44.8 Å². The number of nitrogens with zero attached hydrogens (tertiary/aromatic N) is 1. The van der Waals surface area contributed by atoms with Crippen molar-refractivity contribution < 1.29 is 9.47 Å². The Balaban J connectivity index is 2.51. The van der Waals surface area contributed by atoms with E-state index in [1.807, 2.05) is 18.3 Å². The molecule has 0 bridgehead atoms. The number of ether oxygens (including phenoxy) is 2. The number of rotatable bonds is 8. The second-order valence-electron chi connectivity index (χ2n) is 5.28. The zero-order chi connectivity index (χ0) is 14.3. The summed E-state index contributed by atoms with van der Waals surface area (Å²) < 4.78 is 10.5. The van der Waals surface area contributed by atoms with Crippen molar-refractivity contribution in [3.8, 4) is 5.88 Å². The van der Waals surface area contributed by atoms with E-state index in [1.165, 1.54) is 0 Å². The van der Waals surface area contributed by atoms with Crippen LogP contribution in [0.2, 0.25) is 0 Å². The number of hydrazine groups is 1. The summed E-state index contributed by atoms with van der Waals surface area (Å²) in [5.74, 6) is 6.24. The lowest BCUT2D eigenvalue weighted by Crippen LogP contribution is -2.38. The van der Waals surface area contributed by atoms with Crippen LogP contribution in [-0.2, 0) is 11.2 Å². The maximum Gasteiger partial charge on any atom is 0.212 e. The molecule has 0 spiro atoms. The molecule has 1 heterocycles. The van der Waals surface area contributed by atoms with Crippen molar-refractivity contribution in [1.82, 2.24) is 10.4 Å². The van der Waals surface area contributed by atoms with Crippen molar-refractivity contribution >= 4 is 0 Å². The quantitative estimate of drug-likeness (QED) is 0.554. The predicted molar refractivity (Wildman–Crippen MR) is 75.9 cm³/mol. The number of nitrogens with one attached hydrogen (secondary N) is 1. The molecule has 0 aliphatic carbocycles. The zero-order valence-electron chi connectivity index (χ0n) is 12.3. The van der Waals surface area contributed by atoms with Crippen LogP contribution >= 0.6 is 0 Å². The fourth-order valence-electron chi connectivity index (χ4n) is 1.81. The molecule has 0 amide bonds. The van der Waals surface area contributed by atoms with Crippen LogP contribution in [0.25, 0.3) is 0 Å². The van der Waals surface area contributed by atoms with Gasteiger partial charge in [-0.1, -0.05) is 6.07 Å². The van der Waals surface area contributed by atoms with Gasteiger partial charge in [0, 0.05) is 25.4 Å². The molecule has 0 fully saturated rings. The lowest BCUT2D eigenvalue weighted by atomic mass is 9.96. The minimum Gasteiger partial charge on any atom is -0.481 e. The molecule has 1 aromatic rings. The van der Waals surface area contributed by atoms with Crippen LogP contribution in [0, 0.1) is 0 Å². The zero-order valence-corrected chi connectivity index (χ0v) is 12.3. The number of nitrogens with two attached hydrogens (primary N) is 1. The first-order valence-electron chi connectivity index (χ1n) is 6.51. The predicted octanol–water partition coefficient (Wildman–Crippen LogP) is 1.67. The lowest BCUT2D eigenvalue weighted by molar-refractivity contribution is 0.0117. The van der Waals surface area contributed by atoms with E-state index in [2.05, 4.69) is 24.3 Å². The smallest absolute Gasteiger partial charge is 0.212 e. The highest BCUT2D eigenvalue weighted by Gasteiger charge is 2.19. The molecule has 0 aromatic carbocycles. The standard InChI is InChI=1S/C14H25N3O2/c1-14(2,19-4)8-7-12(17-15)9-11-5-6-13(18-3)16-10-11/h5-6,10,12,17H,7-9,15H2,1-4H3. The first-order valence-corrected chi connectivity index (χ1v) is 6.51. The van der Waals surface area contributed by atoms with Gasteiger partial charge in [0.1, 0.15) is 0 Å². The molecule has 108 valence electrons. The fraction of sp³-hybridized carbons (Fsp3) is 0.643. The summed E-state index contributed by atoms with van der Waals surface area (Å²) in [5.41, 5.74) is 3.88. The molecule has 1 aromatic heterocycles. The van der Waals surface area contributed by atoms with Gasteiger partial charge in [-0.3, -0.25) is 11.3 Å². The second-order valence-corrected chi connectivity index (χ2v) is 5.28. The Labute approximate surface area is 115 Å². The molecule has 1 atom stereocenters. The first kappa shape index (κ1) is 15.9. The number of hydrogen-bond donors (Lipinski definition) is 2. The molecule has 5 nitrogen and oxygen atoms in total. The number of pyridine rings is 1. The molecule has 0 radical (unpaired) electrons. The van der Waals surface area contributed by atoms with E-state index in [1.54, 1.807) is 14.2 Å². The summed E-state index contributed by atoms with van der Waals surface area (Å²) in [4.78, 5) is 4.19. The Morgan fingerprint density at radius 1 is 1.37 bits per heavy atom. The third-order valence-electron chi connectivity index (χ3n) is 3.37. The monoisotopic (exact) mass is 267 g/mol. The average Bonchev–Trinajstić information content (AvgIpc) is 2.44. The van der Waals surface area contributed by atoms with E-state index in [0.29, 0.717) is 5.88 Å². The molecule has 3 N–H and O–H groups in total. The first-order chi connectivity index (χ1) is 9.00. The molecule has 19 heavy (non-hydrogen) atoms. The number of aromatic nitrogens is 1. The fourth-order valence-corrected chi connectivity index (χ4v) is 1.81. The van der Waals surface area contributed by atoms with E-state index in [-0.39, 0.29) is 11.6 Å². The topological polar surface area (TPSA) is 69.4 Å². The van der Waals surface area contributed by atoms with Crippen LogP contribution in [-0.4, -0.2) is 30.8 Å². The van der Waals surface area contributed by atoms with Gasteiger partial charge in [0.25, 0.3) is 0 Å². The Kier molecular flexibility index (Phi) is 6.21. The minimum atomic E-state index is -0.118.